The first-order valence-electron chi connectivity index (χ1n) is 6.93. The second kappa shape index (κ2) is 6.04. The number of hydrogen-bond donors (Lipinski definition) is 0. The third-order valence-electron chi connectivity index (χ3n) is 3.82. The lowest BCUT2D eigenvalue weighted by atomic mass is 9.81. The summed E-state index contributed by atoms with van der Waals surface area (Å²) in [5.74, 6) is 0.699. The van der Waals surface area contributed by atoms with Gasteiger partial charge >= 0.3 is 0 Å². The highest BCUT2D eigenvalue weighted by atomic mass is 19.1. The average Bonchev–Trinajstić information content (AvgIpc) is 2.90. The van der Waals surface area contributed by atoms with E-state index in [9.17, 15) is 4.39 Å². The lowest BCUT2D eigenvalue weighted by molar-refractivity contribution is 0.266. The lowest BCUT2D eigenvalue weighted by Crippen LogP contribution is -2.18. The van der Waals surface area contributed by atoms with Crippen LogP contribution in [0.3, 0.4) is 0 Å². The van der Waals surface area contributed by atoms with Crippen molar-refractivity contribution in [3.05, 3.63) is 35.5 Å². The quantitative estimate of drug-likeness (QED) is 0.832. The summed E-state index contributed by atoms with van der Waals surface area (Å²) < 4.78 is 18.5. The molecule has 0 aliphatic carbocycles. The highest BCUT2D eigenvalue weighted by Gasteiger charge is 2.25. The Balaban J connectivity index is 2.22. The zero-order valence-electron chi connectivity index (χ0n) is 12.5. The molecule has 0 fully saturated rings. The second-order valence-corrected chi connectivity index (χ2v) is 5.65. The first-order chi connectivity index (χ1) is 9.97. The molecule has 0 spiro atoms. The largest absolute Gasteiger partial charge is 0.339 e. The predicted octanol–water partition coefficient (Wildman–Crippen LogP) is 4.06. The van der Waals surface area contributed by atoms with E-state index in [0.717, 1.165) is 12.0 Å². The minimum Gasteiger partial charge on any atom is -0.339 e. The van der Waals surface area contributed by atoms with Gasteiger partial charge in [-0.3, -0.25) is 0 Å². The first-order valence-corrected chi connectivity index (χ1v) is 6.93. The summed E-state index contributed by atoms with van der Waals surface area (Å²) in [6, 6.07) is 6.92. The van der Waals surface area contributed by atoms with Gasteiger partial charge in [-0.2, -0.15) is 10.2 Å². The van der Waals surface area contributed by atoms with Gasteiger partial charge in [-0.25, -0.2) is 4.39 Å². The Morgan fingerprint density at radius 3 is 2.81 bits per heavy atom. The molecule has 5 heteroatoms. The maximum absolute atomic E-state index is 13.3. The molecule has 1 aromatic heterocycles. The van der Waals surface area contributed by atoms with Gasteiger partial charge in [0.05, 0.1) is 6.07 Å². The number of halogens is 1. The van der Waals surface area contributed by atoms with Crippen molar-refractivity contribution < 1.29 is 8.91 Å². The Kier molecular flexibility index (Phi) is 4.37. The molecular weight excluding hydrogens is 269 g/mol. The monoisotopic (exact) mass is 287 g/mol. The van der Waals surface area contributed by atoms with Crippen molar-refractivity contribution in [3.63, 3.8) is 0 Å². The molecule has 2 aromatic rings. The van der Waals surface area contributed by atoms with Crippen LogP contribution in [-0.2, 0) is 6.42 Å². The molecule has 0 amide bonds. The molecule has 0 bridgehead atoms. The number of benzene rings is 1. The smallest absolute Gasteiger partial charge is 0.227 e. The predicted molar refractivity (Wildman–Crippen MR) is 76.8 cm³/mol. The number of rotatable bonds is 5. The highest BCUT2D eigenvalue weighted by Crippen LogP contribution is 2.30. The van der Waals surface area contributed by atoms with Crippen LogP contribution < -0.4 is 0 Å². The fourth-order valence-corrected chi connectivity index (χ4v) is 2.10. The molecular formula is C16H18FN3O. The summed E-state index contributed by atoms with van der Waals surface area (Å²) in [5, 5.41) is 12.8. The molecule has 0 saturated carbocycles. The number of nitriles is 1. The Bertz CT molecular complexity index is 674. The van der Waals surface area contributed by atoms with Crippen molar-refractivity contribution in [2.24, 2.45) is 5.41 Å². The van der Waals surface area contributed by atoms with Crippen molar-refractivity contribution in [1.29, 1.82) is 5.26 Å². The lowest BCUT2D eigenvalue weighted by Gasteiger charge is -2.22. The molecule has 1 heterocycles. The van der Waals surface area contributed by atoms with E-state index in [2.05, 4.69) is 16.2 Å². The van der Waals surface area contributed by atoms with Crippen LogP contribution in [0.5, 0.6) is 0 Å². The molecule has 1 atom stereocenters. The van der Waals surface area contributed by atoms with E-state index in [1.807, 2.05) is 13.8 Å². The highest BCUT2D eigenvalue weighted by molar-refractivity contribution is 5.55. The van der Waals surface area contributed by atoms with E-state index < -0.39 is 0 Å². The van der Waals surface area contributed by atoms with Crippen molar-refractivity contribution >= 4 is 0 Å². The number of aromatic nitrogens is 2. The second-order valence-electron chi connectivity index (χ2n) is 5.65. The van der Waals surface area contributed by atoms with E-state index in [1.165, 1.54) is 6.07 Å². The van der Waals surface area contributed by atoms with Crippen LogP contribution in [0, 0.1) is 29.5 Å². The molecule has 21 heavy (non-hydrogen) atoms. The normalized spacial score (nSPS) is 13.7. The van der Waals surface area contributed by atoms with Crippen molar-refractivity contribution in [2.75, 3.05) is 0 Å². The van der Waals surface area contributed by atoms with Crippen LogP contribution in [0.15, 0.2) is 22.7 Å². The molecule has 0 aliphatic rings. The van der Waals surface area contributed by atoms with Gasteiger partial charge in [-0.15, -0.1) is 0 Å². The summed E-state index contributed by atoms with van der Waals surface area (Å²) in [6.45, 7) is 5.76. The Morgan fingerprint density at radius 2 is 2.19 bits per heavy atom. The SMILES string of the molecule is CCC(C)(CC#N)Cc1nc(-c2ccc(F)c(C)c2)no1. The number of hydrogen-bond acceptors (Lipinski definition) is 4. The van der Waals surface area contributed by atoms with E-state index in [0.29, 0.717) is 30.1 Å². The summed E-state index contributed by atoms with van der Waals surface area (Å²) in [6.07, 6.45) is 1.86. The molecule has 0 N–H and O–H groups in total. The molecule has 0 radical (unpaired) electrons. The van der Waals surface area contributed by atoms with Gasteiger partial charge < -0.3 is 4.52 Å². The van der Waals surface area contributed by atoms with Crippen LogP contribution in [0.25, 0.3) is 11.4 Å². The summed E-state index contributed by atoms with van der Waals surface area (Å²) in [4.78, 5) is 4.36. The summed E-state index contributed by atoms with van der Waals surface area (Å²) >= 11 is 0. The zero-order chi connectivity index (χ0) is 15.5. The van der Waals surface area contributed by atoms with Crippen LogP contribution in [0.4, 0.5) is 4.39 Å². The van der Waals surface area contributed by atoms with Crippen LogP contribution in [0.1, 0.15) is 38.1 Å². The molecule has 4 nitrogen and oxygen atoms in total. The Labute approximate surface area is 123 Å². The van der Waals surface area contributed by atoms with Crippen LogP contribution in [-0.4, -0.2) is 10.1 Å². The topological polar surface area (TPSA) is 62.7 Å². The maximum atomic E-state index is 13.3. The van der Waals surface area contributed by atoms with Crippen LogP contribution in [0.2, 0.25) is 0 Å². The van der Waals surface area contributed by atoms with Gasteiger partial charge in [-0.05, 0) is 42.5 Å². The first kappa shape index (κ1) is 15.2. The van der Waals surface area contributed by atoms with E-state index in [1.54, 1.807) is 19.1 Å². The van der Waals surface area contributed by atoms with Crippen LogP contribution >= 0.6 is 0 Å². The minimum absolute atomic E-state index is 0.169. The van der Waals surface area contributed by atoms with Gasteiger partial charge in [-0.1, -0.05) is 19.0 Å². The van der Waals surface area contributed by atoms with Gasteiger partial charge in [0.1, 0.15) is 5.82 Å². The molecule has 1 unspecified atom stereocenters. The fraction of sp³-hybridized carbons (Fsp3) is 0.438. The zero-order valence-corrected chi connectivity index (χ0v) is 12.5. The average molecular weight is 287 g/mol. The molecule has 2 rings (SSSR count). The van der Waals surface area contributed by atoms with Crippen molar-refractivity contribution in [3.8, 4) is 17.5 Å². The molecule has 110 valence electrons. The fourth-order valence-electron chi connectivity index (χ4n) is 2.10. The molecule has 0 aliphatic heterocycles. The standard InChI is InChI=1S/C16H18FN3O/c1-4-16(3,7-8-18)10-14-19-15(20-21-14)12-5-6-13(17)11(2)9-12/h5-6,9H,4,7,10H2,1-3H3. The summed E-state index contributed by atoms with van der Waals surface area (Å²) in [7, 11) is 0. The third kappa shape index (κ3) is 3.46. The van der Waals surface area contributed by atoms with E-state index >= 15 is 0 Å². The van der Waals surface area contributed by atoms with Crippen molar-refractivity contribution in [2.45, 2.75) is 40.0 Å². The number of nitrogens with zero attached hydrogens (tertiary/aromatic N) is 3. The molecule has 1 aromatic carbocycles. The summed E-state index contributed by atoms with van der Waals surface area (Å²) in [5.41, 5.74) is 1.10. The number of aryl methyl sites for hydroxylation is 1. The molecule has 0 saturated heterocycles. The maximum Gasteiger partial charge on any atom is 0.227 e. The Hall–Kier alpha value is -2.22. The van der Waals surface area contributed by atoms with Gasteiger partial charge in [0, 0.05) is 18.4 Å². The van der Waals surface area contributed by atoms with Crippen molar-refractivity contribution in [1.82, 2.24) is 10.1 Å². The van der Waals surface area contributed by atoms with Gasteiger partial charge in [0.15, 0.2) is 0 Å². The Morgan fingerprint density at radius 1 is 1.43 bits per heavy atom. The van der Waals surface area contributed by atoms with E-state index in [4.69, 9.17) is 9.78 Å². The van der Waals surface area contributed by atoms with E-state index in [-0.39, 0.29) is 11.2 Å². The van der Waals surface area contributed by atoms with Gasteiger partial charge in [0.25, 0.3) is 0 Å². The third-order valence-corrected chi connectivity index (χ3v) is 3.82. The minimum atomic E-state index is -0.255. The van der Waals surface area contributed by atoms with Gasteiger partial charge in [0.2, 0.25) is 11.7 Å².